The van der Waals surface area contributed by atoms with Gasteiger partial charge in [0.05, 0.1) is 12.7 Å². The van der Waals surface area contributed by atoms with Crippen LogP contribution in [0.4, 0.5) is 18.9 Å². The number of ether oxygens (including phenoxy) is 2. The number of anilines is 1. The van der Waals surface area contributed by atoms with Crippen molar-refractivity contribution in [3.05, 3.63) is 52.0 Å². The molecule has 180 valence electrons. The largest absolute Gasteiger partial charge is 0.493 e. The van der Waals surface area contributed by atoms with Crippen molar-refractivity contribution in [2.24, 2.45) is 0 Å². The molecule has 33 heavy (non-hydrogen) atoms. The van der Waals surface area contributed by atoms with E-state index < -0.39 is 17.6 Å². The first kappa shape index (κ1) is 25.3. The van der Waals surface area contributed by atoms with Gasteiger partial charge in [0.15, 0.2) is 18.1 Å². The molecule has 3 rings (SSSR count). The van der Waals surface area contributed by atoms with Gasteiger partial charge in [-0.25, -0.2) is 0 Å². The number of carbonyl (C=O) groups is 1. The first-order chi connectivity index (χ1) is 15.7. The maximum atomic E-state index is 13.7. The van der Waals surface area contributed by atoms with Crippen molar-refractivity contribution >= 4 is 27.5 Å². The van der Waals surface area contributed by atoms with Crippen molar-refractivity contribution in [2.75, 3.05) is 51.8 Å². The lowest BCUT2D eigenvalue weighted by Gasteiger charge is -2.34. The summed E-state index contributed by atoms with van der Waals surface area (Å²) in [5, 5.41) is 2.48. The molecule has 0 unspecified atom stereocenters. The van der Waals surface area contributed by atoms with Crippen molar-refractivity contribution in [3.8, 4) is 11.5 Å². The standard InChI is InChI=1S/C23H27BrF3N3O3/c1-3-29-8-10-30(11-9-29)14-16-4-6-18(13-19(16)23(25,26)27)28-22(31)15-33-20-7-5-17(24)12-21(20)32-2/h4-7,12-13H,3,8-11,14-15H2,1-2H3,(H,28,31). The molecule has 1 heterocycles. The van der Waals surface area contributed by atoms with Crippen LogP contribution in [0.15, 0.2) is 40.9 Å². The first-order valence-corrected chi connectivity index (χ1v) is 11.4. The predicted octanol–water partition coefficient (Wildman–Crippen LogP) is 4.63. The van der Waals surface area contributed by atoms with Gasteiger partial charge in [0.25, 0.3) is 5.91 Å². The maximum absolute atomic E-state index is 13.7. The van der Waals surface area contributed by atoms with Gasteiger partial charge >= 0.3 is 6.18 Å². The number of hydrogen-bond donors (Lipinski definition) is 1. The van der Waals surface area contributed by atoms with Crippen LogP contribution < -0.4 is 14.8 Å². The highest BCUT2D eigenvalue weighted by atomic mass is 79.9. The Bertz CT molecular complexity index is 964. The molecule has 1 aliphatic rings. The first-order valence-electron chi connectivity index (χ1n) is 10.6. The van der Waals surface area contributed by atoms with Gasteiger partial charge < -0.3 is 19.7 Å². The van der Waals surface area contributed by atoms with Gasteiger partial charge in [0.1, 0.15) is 0 Å². The molecule has 1 aliphatic heterocycles. The summed E-state index contributed by atoms with van der Waals surface area (Å²) < 4.78 is 52.7. The van der Waals surface area contributed by atoms with E-state index in [4.69, 9.17) is 9.47 Å². The molecule has 1 amide bonds. The van der Waals surface area contributed by atoms with E-state index in [2.05, 4.69) is 33.1 Å². The number of hydrogen-bond acceptors (Lipinski definition) is 5. The number of benzene rings is 2. The fourth-order valence-electron chi connectivity index (χ4n) is 3.66. The van der Waals surface area contributed by atoms with Gasteiger partial charge in [-0.05, 0) is 42.4 Å². The minimum Gasteiger partial charge on any atom is -0.493 e. The van der Waals surface area contributed by atoms with Crippen molar-refractivity contribution in [1.29, 1.82) is 0 Å². The topological polar surface area (TPSA) is 54.0 Å². The van der Waals surface area contributed by atoms with Crippen molar-refractivity contribution in [1.82, 2.24) is 9.80 Å². The minimum absolute atomic E-state index is 0.0678. The van der Waals surface area contributed by atoms with Crippen molar-refractivity contribution in [2.45, 2.75) is 19.6 Å². The molecule has 0 radical (unpaired) electrons. The molecule has 0 atom stereocenters. The van der Waals surface area contributed by atoms with Crippen LogP contribution in [0.25, 0.3) is 0 Å². The summed E-state index contributed by atoms with van der Waals surface area (Å²) in [6, 6.07) is 8.95. The second-order valence-electron chi connectivity index (χ2n) is 7.71. The number of rotatable bonds is 8. The molecule has 0 spiro atoms. The lowest BCUT2D eigenvalue weighted by molar-refractivity contribution is -0.138. The number of amides is 1. The molecule has 2 aromatic carbocycles. The van der Waals surface area contributed by atoms with Crippen LogP contribution in [0.5, 0.6) is 11.5 Å². The summed E-state index contributed by atoms with van der Waals surface area (Å²) in [7, 11) is 1.47. The second-order valence-corrected chi connectivity index (χ2v) is 8.63. The summed E-state index contributed by atoms with van der Waals surface area (Å²) in [5.74, 6) is 0.211. The lowest BCUT2D eigenvalue weighted by Crippen LogP contribution is -2.45. The van der Waals surface area contributed by atoms with Gasteiger partial charge in [-0.3, -0.25) is 9.69 Å². The van der Waals surface area contributed by atoms with E-state index in [1.165, 1.54) is 19.2 Å². The Kier molecular flexibility index (Phi) is 8.61. The van der Waals surface area contributed by atoms with Gasteiger partial charge in [-0.1, -0.05) is 28.9 Å². The average Bonchev–Trinajstić information content (AvgIpc) is 2.79. The summed E-state index contributed by atoms with van der Waals surface area (Å²) in [6.45, 7) is 5.99. The number of methoxy groups -OCH3 is 1. The fourth-order valence-corrected chi connectivity index (χ4v) is 4.00. The van der Waals surface area contributed by atoms with Gasteiger partial charge in [-0.2, -0.15) is 13.2 Å². The molecule has 0 aromatic heterocycles. The average molecular weight is 530 g/mol. The molecule has 1 N–H and O–H groups in total. The number of alkyl halides is 3. The Labute approximate surface area is 199 Å². The lowest BCUT2D eigenvalue weighted by atomic mass is 10.0. The van der Waals surface area contributed by atoms with Gasteiger partial charge in [0, 0.05) is 42.9 Å². The molecule has 1 fully saturated rings. The Balaban J connectivity index is 1.65. The highest BCUT2D eigenvalue weighted by molar-refractivity contribution is 9.10. The van der Waals surface area contributed by atoms with Crippen molar-refractivity contribution in [3.63, 3.8) is 0 Å². The van der Waals surface area contributed by atoms with Crippen LogP contribution >= 0.6 is 15.9 Å². The predicted molar refractivity (Wildman–Crippen MR) is 124 cm³/mol. The van der Waals surface area contributed by atoms with Crippen molar-refractivity contribution < 1.29 is 27.4 Å². The zero-order chi connectivity index (χ0) is 24.0. The van der Waals surface area contributed by atoms with E-state index in [0.29, 0.717) is 11.5 Å². The molecular weight excluding hydrogens is 503 g/mol. The monoisotopic (exact) mass is 529 g/mol. The molecule has 0 bridgehead atoms. The third-order valence-corrected chi connectivity index (χ3v) is 5.98. The van der Waals surface area contributed by atoms with Crippen LogP contribution in [0, 0.1) is 0 Å². The van der Waals surface area contributed by atoms with Crippen LogP contribution in [0.3, 0.4) is 0 Å². The molecule has 10 heteroatoms. The quantitative estimate of drug-likeness (QED) is 0.540. The minimum atomic E-state index is -4.53. The zero-order valence-corrected chi connectivity index (χ0v) is 20.1. The highest BCUT2D eigenvalue weighted by Gasteiger charge is 2.34. The molecule has 0 saturated carbocycles. The van der Waals surface area contributed by atoms with E-state index in [0.717, 1.165) is 43.3 Å². The highest BCUT2D eigenvalue weighted by Crippen LogP contribution is 2.35. The third-order valence-electron chi connectivity index (χ3n) is 5.49. The Morgan fingerprint density at radius 3 is 2.39 bits per heavy atom. The fraction of sp³-hybridized carbons (Fsp3) is 0.435. The number of nitrogens with one attached hydrogen (secondary N) is 1. The van der Waals surface area contributed by atoms with Crippen LogP contribution in [0.1, 0.15) is 18.1 Å². The molecular formula is C23H27BrF3N3O3. The summed E-state index contributed by atoms with van der Waals surface area (Å²) >= 11 is 3.32. The van der Waals surface area contributed by atoms with Gasteiger partial charge in [-0.15, -0.1) is 0 Å². The Hall–Kier alpha value is -2.30. The zero-order valence-electron chi connectivity index (χ0n) is 18.5. The van der Waals surface area contributed by atoms with Crippen LogP contribution in [-0.4, -0.2) is 62.1 Å². The Morgan fingerprint density at radius 2 is 1.76 bits per heavy atom. The smallest absolute Gasteiger partial charge is 0.416 e. The number of nitrogens with zero attached hydrogens (tertiary/aromatic N) is 2. The summed E-state index contributed by atoms with van der Waals surface area (Å²) in [6.07, 6.45) is -4.53. The van der Waals surface area contributed by atoms with E-state index in [-0.39, 0.29) is 24.4 Å². The molecule has 1 saturated heterocycles. The molecule has 2 aromatic rings. The van der Waals surface area contributed by atoms with E-state index in [1.807, 2.05) is 4.90 Å². The molecule has 0 aliphatic carbocycles. The number of piperazine rings is 1. The molecule has 6 nitrogen and oxygen atoms in total. The van der Waals surface area contributed by atoms with E-state index in [1.54, 1.807) is 18.2 Å². The number of carbonyl (C=O) groups excluding carboxylic acids is 1. The summed E-state index contributed by atoms with van der Waals surface area (Å²) in [4.78, 5) is 16.6. The SMILES string of the molecule is CCN1CCN(Cc2ccc(NC(=O)COc3ccc(Br)cc3OC)cc2C(F)(F)F)CC1. The maximum Gasteiger partial charge on any atom is 0.416 e. The van der Waals surface area contributed by atoms with Gasteiger partial charge in [0.2, 0.25) is 0 Å². The van der Waals surface area contributed by atoms with E-state index >= 15 is 0 Å². The Morgan fingerprint density at radius 1 is 1.06 bits per heavy atom. The normalized spacial score (nSPS) is 15.3. The van der Waals surface area contributed by atoms with Crippen LogP contribution in [-0.2, 0) is 17.5 Å². The number of likely N-dealkylation sites (N-methyl/N-ethyl adjacent to an activating group) is 1. The summed E-state index contributed by atoms with van der Waals surface area (Å²) in [5.41, 5.74) is -0.478. The van der Waals surface area contributed by atoms with Crippen LogP contribution in [0.2, 0.25) is 0 Å². The third kappa shape index (κ3) is 7.09. The van der Waals surface area contributed by atoms with E-state index in [9.17, 15) is 18.0 Å². The number of halogens is 4. The second kappa shape index (κ2) is 11.2.